The molecule has 33 heavy (non-hydrogen) atoms. The third-order valence-corrected chi connectivity index (χ3v) is 6.03. The van der Waals surface area contributed by atoms with Crippen LogP contribution in [0.25, 0.3) is 6.08 Å². The Balaban J connectivity index is 1.30. The number of anilines is 1. The van der Waals surface area contributed by atoms with E-state index in [2.05, 4.69) is 40.8 Å². The lowest BCUT2D eigenvalue weighted by molar-refractivity contribution is 0.197. The zero-order valence-electron chi connectivity index (χ0n) is 19.3. The Morgan fingerprint density at radius 2 is 2.24 bits per heavy atom. The highest BCUT2D eigenvalue weighted by molar-refractivity contribution is 5.88. The van der Waals surface area contributed by atoms with Gasteiger partial charge >= 0.3 is 6.03 Å². The number of carbonyl (C=O) groups excluding carboxylic acids is 1. The van der Waals surface area contributed by atoms with Crippen molar-refractivity contribution >= 4 is 18.0 Å². The van der Waals surface area contributed by atoms with Gasteiger partial charge in [-0.2, -0.15) is 0 Å². The molecule has 1 aliphatic rings. The van der Waals surface area contributed by atoms with Gasteiger partial charge in [-0.05, 0) is 56.7 Å². The number of hydrogen-bond donors (Lipinski definition) is 1. The smallest absolute Gasteiger partial charge is 0.324 e. The molecule has 1 aromatic carbocycles. The molecule has 1 atom stereocenters. The lowest BCUT2D eigenvalue weighted by atomic mass is 9.91. The van der Waals surface area contributed by atoms with E-state index in [1.807, 2.05) is 30.9 Å². The third-order valence-electron chi connectivity index (χ3n) is 6.03. The van der Waals surface area contributed by atoms with Crippen LogP contribution in [0.5, 0.6) is 5.75 Å². The molecule has 0 saturated carbocycles. The Labute approximate surface area is 193 Å². The summed E-state index contributed by atoms with van der Waals surface area (Å²) in [5.41, 5.74) is 5.16. The highest BCUT2D eigenvalue weighted by Gasteiger charge is 2.25. The molecule has 1 N–H and O–H groups in total. The van der Waals surface area contributed by atoms with Crippen molar-refractivity contribution in [2.24, 2.45) is 5.92 Å². The maximum absolute atomic E-state index is 12.7. The van der Waals surface area contributed by atoms with Gasteiger partial charge in [0, 0.05) is 24.2 Å². The average molecular weight is 451 g/mol. The topological polar surface area (TPSA) is 93.6 Å². The zero-order chi connectivity index (χ0) is 23.2. The lowest BCUT2D eigenvalue weighted by Crippen LogP contribution is -2.42. The molecule has 8 heteroatoms. The van der Waals surface area contributed by atoms with Gasteiger partial charge < -0.3 is 18.7 Å². The summed E-state index contributed by atoms with van der Waals surface area (Å²) in [5.74, 6) is 1.54. The maximum Gasteiger partial charge on any atom is 0.324 e. The first kappa shape index (κ1) is 22.6. The zero-order valence-corrected chi connectivity index (χ0v) is 19.3. The van der Waals surface area contributed by atoms with E-state index < -0.39 is 0 Å². The van der Waals surface area contributed by atoms with Gasteiger partial charge in [0.1, 0.15) is 12.0 Å². The van der Waals surface area contributed by atoms with Gasteiger partial charge in [-0.1, -0.05) is 41.0 Å². The second-order valence-electron chi connectivity index (χ2n) is 8.53. The number of benzene rings is 1. The molecule has 1 fully saturated rings. The number of piperidine rings is 1. The molecule has 0 spiro atoms. The van der Waals surface area contributed by atoms with Crippen LogP contribution in [0.15, 0.2) is 51.3 Å². The molecule has 2 aromatic heterocycles. The summed E-state index contributed by atoms with van der Waals surface area (Å²) < 4.78 is 16.0. The number of urea groups is 1. The number of carbonyl (C=O) groups is 1. The van der Waals surface area contributed by atoms with Crippen LogP contribution in [-0.2, 0) is 6.42 Å². The van der Waals surface area contributed by atoms with Crippen LogP contribution in [0.4, 0.5) is 10.7 Å². The Morgan fingerprint density at radius 3 is 2.97 bits per heavy atom. The summed E-state index contributed by atoms with van der Waals surface area (Å²) in [7, 11) is 0. The van der Waals surface area contributed by atoms with Gasteiger partial charge in [-0.15, -0.1) is 0 Å². The molecule has 0 radical (unpaired) electrons. The minimum absolute atomic E-state index is 0.151. The molecule has 3 aromatic rings. The second-order valence-corrected chi connectivity index (χ2v) is 8.53. The fourth-order valence-electron chi connectivity index (χ4n) is 3.88. The van der Waals surface area contributed by atoms with Gasteiger partial charge in [0.15, 0.2) is 0 Å². The van der Waals surface area contributed by atoms with Crippen LogP contribution in [0, 0.1) is 19.8 Å². The molecule has 4 rings (SSSR count). The molecule has 3 heterocycles. The summed E-state index contributed by atoms with van der Waals surface area (Å²) in [5, 5.41) is 10.5. The molecule has 8 nitrogen and oxygen atoms in total. The van der Waals surface area contributed by atoms with Gasteiger partial charge in [0.25, 0.3) is 0 Å². The number of aryl methyl sites for hydroxylation is 2. The fraction of sp³-hybridized carbons (Fsp3) is 0.400. The van der Waals surface area contributed by atoms with E-state index in [1.165, 1.54) is 5.57 Å². The van der Waals surface area contributed by atoms with E-state index in [-0.39, 0.29) is 11.9 Å². The summed E-state index contributed by atoms with van der Waals surface area (Å²) >= 11 is 0. The first-order valence-corrected chi connectivity index (χ1v) is 11.3. The first-order chi connectivity index (χ1) is 16.0. The number of hydrogen-bond acceptors (Lipinski definition) is 6. The molecule has 0 bridgehead atoms. The monoisotopic (exact) mass is 450 g/mol. The van der Waals surface area contributed by atoms with Gasteiger partial charge in [-0.25, -0.2) is 4.79 Å². The minimum Gasteiger partial charge on any atom is -0.494 e. The van der Waals surface area contributed by atoms with E-state index in [0.717, 1.165) is 47.4 Å². The standard InChI is InChI=1S/C25H30N4O4/c1-17-15-29(25(30)27-24-18(2)19(3)28-33-24)10-9-22(17)12-20-6-4-8-23(13-20)31-11-5-7-21-14-26-32-16-21/h4,6,8,12-14,16-17H,5,7,9-11,15H2,1-3H3,(H,27,30)/b22-12+. The number of ether oxygens (including phenoxy) is 1. The Kier molecular flexibility index (Phi) is 7.12. The van der Waals surface area contributed by atoms with Crippen LogP contribution in [0.3, 0.4) is 0 Å². The molecule has 1 unspecified atom stereocenters. The largest absolute Gasteiger partial charge is 0.494 e. The molecule has 2 amide bonds. The van der Waals surface area contributed by atoms with E-state index in [0.29, 0.717) is 25.6 Å². The number of nitrogens with zero attached hydrogens (tertiary/aromatic N) is 3. The average Bonchev–Trinajstić information content (AvgIpc) is 3.44. The van der Waals surface area contributed by atoms with Gasteiger partial charge in [0.2, 0.25) is 5.88 Å². The normalized spacial score (nSPS) is 17.4. The van der Waals surface area contributed by atoms with Crippen molar-refractivity contribution in [3.05, 3.63) is 64.7 Å². The summed E-state index contributed by atoms with van der Waals surface area (Å²) in [4.78, 5) is 14.5. The Morgan fingerprint density at radius 1 is 1.36 bits per heavy atom. The Bertz CT molecular complexity index is 1100. The van der Waals surface area contributed by atoms with E-state index >= 15 is 0 Å². The van der Waals surface area contributed by atoms with Crippen LogP contribution in [0.1, 0.15) is 42.1 Å². The second kappa shape index (κ2) is 10.4. The molecule has 1 saturated heterocycles. The SMILES string of the molecule is Cc1noc(NC(=O)N2CC/C(=C\c3cccc(OCCCc4cnoc4)c3)C(C)C2)c1C. The number of likely N-dealkylation sites (tertiary alicyclic amines) is 1. The fourth-order valence-corrected chi connectivity index (χ4v) is 3.88. The summed E-state index contributed by atoms with van der Waals surface area (Å²) in [6, 6.07) is 7.98. The van der Waals surface area contributed by atoms with Crippen molar-refractivity contribution in [3.63, 3.8) is 0 Å². The van der Waals surface area contributed by atoms with Crippen LogP contribution >= 0.6 is 0 Å². The molecular weight excluding hydrogens is 420 g/mol. The van der Waals surface area contributed by atoms with Gasteiger partial charge in [-0.3, -0.25) is 5.32 Å². The number of aromatic nitrogens is 2. The van der Waals surface area contributed by atoms with E-state index in [9.17, 15) is 4.79 Å². The molecule has 1 aliphatic heterocycles. The van der Waals surface area contributed by atoms with Gasteiger partial charge in [0.05, 0.1) is 18.5 Å². The van der Waals surface area contributed by atoms with Crippen molar-refractivity contribution in [3.8, 4) is 5.75 Å². The summed E-state index contributed by atoms with van der Waals surface area (Å²) in [6.07, 6.45) is 8.22. The third kappa shape index (κ3) is 5.83. The first-order valence-electron chi connectivity index (χ1n) is 11.3. The highest BCUT2D eigenvalue weighted by Crippen LogP contribution is 2.27. The molecule has 0 aliphatic carbocycles. The van der Waals surface area contributed by atoms with E-state index in [1.54, 1.807) is 12.5 Å². The summed E-state index contributed by atoms with van der Waals surface area (Å²) in [6.45, 7) is 7.84. The van der Waals surface area contributed by atoms with Crippen molar-refractivity contribution in [2.45, 2.75) is 40.0 Å². The van der Waals surface area contributed by atoms with Crippen molar-refractivity contribution in [1.29, 1.82) is 0 Å². The van der Waals surface area contributed by atoms with Crippen molar-refractivity contribution in [2.75, 3.05) is 25.0 Å². The van der Waals surface area contributed by atoms with Crippen LogP contribution < -0.4 is 10.1 Å². The Hall–Kier alpha value is -3.55. The number of amides is 2. The van der Waals surface area contributed by atoms with E-state index in [4.69, 9.17) is 13.8 Å². The number of nitrogens with one attached hydrogen (secondary N) is 1. The predicted octanol–water partition coefficient (Wildman–Crippen LogP) is 5.25. The molecule has 174 valence electrons. The van der Waals surface area contributed by atoms with Crippen molar-refractivity contribution < 1.29 is 18.6 Å². The maximum atomic E-state index is 12.7. The lowest BCUT2D eigenvalue weighted by Gasteiger charge is -2.33. The van der Waals surface area contributed by atoms with Crippen molar-refractivity contribution in [1.82, 2.24) is 15.2 Å². The quantitative estimate of drug-likeness (QED) is 0.494. The van der Waals surface area contributed by atoms with Crippen LogP contribution in [0.2, 0.25) is 0 Å². The number of rotatable bonds is 7. The molecular formula is C25H30N4O4. The van der Waals surface area contributed by atoms with Crippen LogP contribution in [-0.4, -0.2) is 40.9 Å². The minimum atomic E-state index is -0.151. The highest BCUT2D eigenvalue weighted by atomic mass is 16.5. The predicted molar refractivity (Wildman–Crippen MR) is 125 cm³/mol.